The van der Waals surface area contributed by atoms with Gasteiger partial charge in [0.2, 0.25) is 8.32 Å². The van der Waals surface area contributed by atoms with Crippen LogP contribution in [0.15, 0.2) is 23.5 Å². The Balaban J connectivity index is 1.82. The van der Waals surface area contributed by atoms with Crippen molar-refractivity contribution in [2.45, 2.75) is 194 Å². The summed E-state index contributed by atoms with van der Waals surface area (Å²) in [6, 6.07) is 0. The molecule has 0 unspecified atom stereocenters. The lowest BCUT2D eigenvalue weighted by Crippen LogP contribution is -2.52. The molecule has 10 atom stereocenters. The smallest absolute Gasteiger partial charge is 0.337 e. The molecule has 0 N–H and O–H groups in total. The van der Waals surface area contributed by atoms with E-state index in [0.717, 1.165) is 25.9 Å². The first-order chi connectivity index (χ1) is 24.1. The number of esters is 1. The summed E-state index contributed by atoms with van der Waals surface area (Å²) >= 11 is 0. The molecule has 53 heavy (non-hydrogen) atoms. The van der Waals surface area contributed by atoms with E-state index >= 15 is 0 Å². The molecule has 0 saturated heterocycles. The van der Waals surface area contributed by atoms with Crippen molar-refractivity contribution < 1.29 is 27.5 Å². The Bertz CT molecular complexity index is 1350. The molecule has 0 aromatic rings. The SMILES string of the molecule is COC(=O)C1=CO[C@@](C)(CCCO[Si](C)(C)C(C)(C)C)[C@@H]2C[C@H]3C(C)=C[C@H]4[C@@H](O[Si](C(C)C)(C(C)C)C(C)C)[C@H](C)[C@@H](O[Si](C)(C)C(C)(C)C)[C@@H]4[C@H]3[C@H]12. The first kappa shape index (κ1) is 45.0. The molecule has 6 nitrogen and oxygen atoms in total. The van der Waals surface area contributed by atoms with Crippen molar-refractivity contribution in [3.8, 4) is 0 Å². The third-order valence-electron chi connectivity index (χ3n) is 15.9. The number of fused-ring (bicyclic) bond motifs is 5. The van der Waals surface area contributed by atoms with Gasteiger partial charge in [-0.05, 0) is 104 Å². The van der Waals surface area contributed by atoms with E-state index < -0.39 is 30.6 Å². The summed E-state index contributed by atoms with van der Waals surface area (Å²) in [6.45, 7) is 45.7. The molecule has 2 saturated carbocycles. The second-order valence-corrected chi connectivity index (χ2v) is 36.9. The number of carbonyl (C=O) groups is 1. The average Bonchev–Trinajstić information content (AvgIpc) is 3.53. The van der Waals surface area contributed by atoms with Crippen LogP contribution in [0.25, 0.3) is 0 Å². The minimum atomic E-state index is -2.22. The van der Waals surface area contributed by atoms with E-state index in [0.29, 0.717) is 28.1 Å². The minimum Gasteiger partial charge on any atom is -0.494 e. The number of hydrogen-bond acceptors (Lipinski definition) is 6. The van der Waals surface area contributed by atoms with E-state index in [1.165, 1.54) is 12.7 Å². The molecule has 3 aliphatic carbocycles. The average molecular weight is 791 g/mol. The number of carbonyl (C=O) groups excluding carboxylic acids is 1. The van der Waals surface area contributed by atoms with Crippen molar-refractivity contribution in [2.75, 3.05) is 13.7 Å². The van der Waals surface area contributed by atoms with Crippen molar-refractivity contribution in [2.24, 2.45) is 41.4 Å². The fraction of sp³-hybridized carbons (Fsp3) is 0.886. The maximum atomic E-state index is 13.8. The molecule has 0 amide bonds. The molecule has 4 rings (SSSR count). The van der Waals surface area contributed by atoms with Crippen LogP contribution in [0.3, 0.4) is 0 Å². The first-order valence-corrected chi connectivity index (χ1v) is 29.2. The Hall–Kier alpha value is -0.719. The summed E-state index contributed by atoms with van der Waals surface area (Å²) in [5.74, 6) is 1.26. The van der Waals surface area contributed by atoms with Gasteiger partial charge in [-0.1, -0.05) is 102 Å². The molecule has 1 aliphatic heterocycles. The van der Waals surface area contributed by atoms with Gasteiger partial charge in [-0.25, -0.2) is 4.79 Å². The highest BCUT2D eigenvalue weighted by Gasteiger charge is 2.66. The van der Waals surface area contributed by atoms with E-state index in [1.807, 2.05) is 0 Å². The lowest BCUT2D eigenvalue weighted by Gasteiger charge is -2.48. The lowest BCUT2D eigenvalue weighted by molar-refractivity contribution is -0.140. The molecule has 0 bridgehead atoms. The van der Waals surface area contributed by atoms with Gasteiger partial charge in [0.25, 0.3) is 0 Å². The summed E-state index contributed by atoms with van der Waals surface area (Å²) in [4.78, 5) is 13.8. The molecule has 306 valence electrons. The van der Waals surface area contributed by atoms with E-state index in [2.05, 4.69) is 136 Å². The van der Waals surface area contributed by atoms with E-state index in [9.17, 15) is 4.79 Å². The highest BCUT2D eigenvalue weighted by Crippen LogP contribution is 2.65. The highest BCUT2D eigenvalue weighted by atomic mass is 28.4. The number of rotatable bonds is 13. The van der Waals surface area contributed by atoms with Crippen LogP contribution in [0.4, 0.5) is 0 Å². The Morgan fingerprint density at radius 1 is 0.887 bits per heavy atom. The molecular formula is C44H82O6Si3. The molecule has 0 aromatic carbocycles. The van der Waals surface area contributed by atoms with Gasteiger partial charge in [0.1, 0.15) is 5.60 Å². The third-order valence-corrected chi connectivity index (χ3v) is 31.0. The van der Waals surface area contributed by atoms with Crippen LogP contribution in [-0.4, -0.2) is 62.4 Å². The van der Waals surface area contributed by atoms with E-state index in [4.69, 9.17) is 22.8 Å². The number of hydrogen-bond donors (Lipinski definition) is 0. The lowest BCUT2D eigenvalue weighted by atomic mass is 9.63. The summed E-state index contributed by atoms with van der Waals surface area (Å²) in [7, 11) is -4.73. The van der Waals surface area contributed by atoms with Crippen molar-refractivity contribution in [1.82, 2.24) is 0 Å². The van der Waals surface area contributed by atoms with Crippen LogP contribution in [0.5, 0.6) is 0 Å². The van der Waals surface area contributed by atoms with Gasteiger partial charge >= 0.3 is 5.97 Å². The first-order valence-electron chi connectivity index (χ1n) is 21.2. The largest absolute Gasteiger partial charge is 0.494 e. The number of ether oxygens (including phenoxy) is 2. The summed E-state index contributed by atoms with van der Waals surface area (Å²) < 4.78 is 34.5. The summed E-state index contributed by atoms with van der Waals surface area (Å²) in [6.07, 6.45) is 7.37. The van der Waals surface area contributed by atoms with Gasteiger partial charge in [-0.2, -0.15) is 0 Å². The zero-order valence-corrected chi connectivity index (χ0v) is 40.9. The Morgan fingerprint density at radius 3 is 1.92 bits per heavy atom. The molecule has 4 aliphatic rings. The van der Waals surface area contributed by atoms with E-state index in [1.54, 1.807) is 6.26 Å². The fourth-order valence-electron chi connectivity index (χ4n) is 11.0. The monoisotopic (exact) mass is 791 g/mol. The standard InChI is InChI=1S/C44H82O6Si3/c1-27(2)53(28(3)4,29(5)6)50-39-31(8)40(49-52(19,20)43(12,13)14)38-33(39)24-30(7)32-25-35-36(37(32)38)34(41(45)46-16)26-47-44(35,15)22-21-23-48-51(17,18)42(9,10)11/h24,26-29,31-33,35-40H,21-23,25H2,1-20H3/t31-,32-,33+,35+,36+,37+,38-,39-,40+,44-/m0/s1. The maximum Gasteiger partial charge on any atom is 0.337 e. The predicted octanol–water partition coefficient (Wildman–Crippen LogP) is 12.3. The van der Waals surface area contributed by atoms with Gasteiger partial charge in [0, 0.05) is 30.3 Å². The Kier molecular flexibility index (Phi) is 13.2. The molecule has 0 radical (unpaired) electrons. The van der Waals surface area contributed by atoms with Gasteiger partial charge < -0.3 is 22.8 Å². The fourth-order valence-corrected chi connectivity index (χ4v) is 19.1. The number of allylic oxidation sites excluding steroid dienone is 1. The molecule has 0 spiro atoms. The molecule has 9 heteroatoms. The van der Waals surface area contributed by atoms with Gasteiger partial charge in [-0.3, -0.25) is 0 Å². The van der Waals surface area contributed by atoms with Crippen LogP contribution >= 0.6 is 0 Å². The summed E-state index contributed by atoms with van der Waals surface area (Å²) in [5, 5.41) is 0.250. The van der Waals surface area contributed by atoms with E-state index in [-0.39, 0.29) is 63.8 Å². The minimum absolute atomic E-state index is 0.0300. The predicted molar refractivity (Wildman–Crippen MR) is 228 cm³/mol. The molecule has 2 fully saturated rings. The van der Waals surface area contributed by atoms with Crippen LogP contribution in [-0.2, 0) is 27.5 Å². The Morgan fingerprint density at radius 2 is 1.43 bits per heavy atom. The van der Waals surface area contributed by atoms with Crippen molar-refractivity contribution in [3.63, 3.8) is 0 Å². The van der Waals surface area contributed by atoms with Gasteiger partial charge in [0.15, 0.2) is 16.6 Å². The molecule has 0 aromatic heterocycles. The topological polar surface area (TPSA) is 63.2 Å². The normalized spacial score (nSPS) is 33.8. The highest BCUT2D eigenvalue weighted by molar-refractivity contribution is 6.77. The number of methoxy groups -OCH3 is 1. The maximum absolute atomic E-state index is 13.8. The van der Waals surface area contributed by atoms with Gasteiger partial charge in [-0.15, -0.1) is 0 Å². The van der Waals surface area contributed by atoms with Crippen molar-refractivity contribution in [1.29, 1.82) is 0 Å². The van der Waals surface area contributed by atoms with Crippen LogP contribution in [0, 0.1) is 41.4 Å². The quantitative estimate of drug-likeness (QED) is 0.0801. The van der Waals surface area contributed by atoms with Crippen molar-refractivity contribution >= 4 is 30.9 Å². The summed E-state index contributed by atoms with van der Waals surface area (Å²) in [5.41, 5.74) is 3.26. The zero-order valence-electron chi connectivity index (χ0n) is 37.9. The van der Waals surface area contributed by atoms with Crippen molar-refractivity contribution in [3.05, 3.63) is 23.5 Å². The molecule has 1 heterocycles. The zero-order chi connectivity index (χ0) is 40.4. The second-order valence-electron chi connectivity index (χ2n) is 21.9. The second kappa shape index (κ2) is 15.6. The third kappa shape index (κ3) is 8.06. The Labute approximate surface area is 329 Å². The van der Waals surface area contributed by atoms with Crippen LogP contribution < -0.4 is 0 Å². The molecular weight excluding hydrogens is 709 g/mol. The van der Waals surface area contributed by atoms with Gasteiger partial charge in [0.05, 0.1) is 31.2 Å². The van der Waals surface area contributed by atoms with Crippen LogP contribution in [0.2, 0.25) is 52.9 Å². The van der Waals surface area contributed by atoms with Crippen LogP contribution in [0.1, 0.15) is 123 Å².